The van der Waals surface area contributed by atoms with Crippen LogP contribution in [0.5, 0.6) is 11.5 Å². The third-order valence-corrected chi connectivity index (χ3v) is 5.92. The van der Waals surface area contributed by atoms with E-state index in [1.54, 1.807) is 42.5 Å². The highest BCUT2D eigenvalue weighted by Crippen LogP contribution is 2.40. The highest BCUT2D eigenvalue weighted by atomic mass is 35.5. The summed E-state index contributed by atoms with van der Waals surface area (Å²) in [4.78, 5) is 26.8. The van der Waals surface area contributed by atoms with Gasteiger partial charge in [-0.15, -0.1) is 0 Å². The number of nitrogens with zero attached hydrogens (tertiary/aromatic N) is 1. The summed E-state index contributed by atoms with van der Waals surface area (Å²) in [6.45, 7) is -0.237. The fourth-order valence-corrected chi connectivity index (χ4v) is 4.08. The van der Waals surface area contributed by atoms with E-state index in [0.29, 0.717) is 21.9 Å². The van der Waals surface area contributed by atoms with E-state index in [1.165, 1.54) is 17.0 Å². The fraction of sp³-hybridized carbons (Fsp3) is 0.154. The first-order valence-corrected chi connectivity index (χ1v) is 10.9. The van der Waals surface area contributed by atoms with Crippen molar-refractivity contribution in [1.29, 1.82) is 0 Å². The Morgan fingerprint density at radius 2 is 1.74 bits per heavy atom. The number of aromatic hydroxyl groups is 1. The molecule has 0 saturated carbocycles. The number of carbonyl (C=O) groups excluding carboxylic acids is 2. The summed E-state index contributed by atoms with van der Waals surface area (Å²) < 4.78 is 5.82. The number of ether oxygens (including phenoxy) is 1. The topological polar surface area (TPSA) is 107 Å². The Hall–Kier alpha value is -3.81. The Bertz CT molecular complexity index is 1250. The molecule has 1 unspecified atom stereocenters. The zero-order chi connectivity index (χ0) is 24.2. The molecule has 0 radical (unpaired) electrons. The van der Waals surface area contributed by atoms with Crippen LogP contribution in [0.1, 0.15) is 22.7 Å². The number of benzene rings is 3. The van der Waals surface area contributed by atoms with E-state index in [-0.39, 0.29) is 36.8 Å². The minimum Gasteiger partial charge on any atom is -0.508 e. The fourth-order valence-electron chi connectivity index (χ4n) is 3.89. The van der Waals surface area contributed by atoms with Gasteiger partial charge in [-0.2, -0.15) is 0 Å². The number of amides is 1. The maximum absolute atomic E-state index is 12.9. The van der Waals surface area contributed by atoms with Gasteiger partial charge in [0.25, 0.3) is 11.7 Å². The van der Waals surface area contributed by atoms with E-state index in [0.717, 1.165) is 5.56 Å². The number of phenols is 1. The molecule has 3 N–H and O–H groups in total. The average Bonchev–Trinajstić information content (AvgIpc) is 3.09. The van der Waals surface area contributed by atoms with Gasteiger partial charge >= 0.3 is 0 Å². The molecule has 3 aromatic rings. The van der Waals surface area contributed by atoms with Crippen molar-refractivity contribution in [2.45, 2.75) is 12.6 Å². The van der Waals surface area contributed by atoms with Gasteiger partial charge in [-0.1, -0.05) is 54.1 Å². The van der Waals surface area contributed by atoms with E-state index in [4.69, 9.17) is 16.3 Å². The summed E-state index contributed by atoms with van der Waals surface area (Å²) in [7, 11) is 0. The van der Waals surface area contributed by atoms with Crippen LogP contribution in [-0.4, -0.2) is 45.1 Å². The summed E-state index contributed by atoms with van der Waals surface area (Å²) in [6.07, 6.45) is 0. The first-order chi connectivity index (χ1) is 16.4. The van der Waals surface area contributed by atoms with Crippen LogP contribution >= 0.6 is 11.6 Å². The third-order valence-electron chi connectivity index (χ3n) is 5.55. The van der Waals surface area contributed by atoms with Crippen molar-refractivity contribution in [1.82, 2.24) is 4.90 Å². The van der Waals surface area contributed by atoms with Gasteiger partial charge in [-0.25, -0.2) is 0 Å². The van der Waals surface area contributed by atoms with Crippen molar-refractivity contribution in [2.24, 2.45) is 0 Å². The predicted molar refractivity (Wildman–Crippen MR) is 126 cm³/mol. The van der Waals surface area contributed by atoms with E-state index in [1.807, 2.05) is 18.2 Å². The highest BCUT2D eigenvalue weighted by Gasteiger charge is 2.45. The van der Waals surface area contributed by atoms with Gasteiger partial charge in [0.15, 0.2) is 0 Å². The lowest BCUT2D eigenvalue weighted by molar-refractivity contribution is -0.140. The number of hydrogen-bond acceptors (Lipinski definition) is 6. The summed E-state index contributed by atoms with van der Waals surface area (Å²) in [5.41, 5.74) is 1.49. The molecule has 1 heterocycles. The summed E-state index contributed by atoms with van der Waals surface area (Å²) in [6, 6.07) is 18.9. The molecular formula is C26H22ClNO6. The number of hydrogen-bond donors (Lipinski definition) is 3. The van der Waals surface area contributed by atoms with Crippen LogP contribution in [0, 0.1) is 0 Å². The Balaban J connectivity index is 1.71. The molecule has 1 aliphatic heterocycles. The normalized spacial score (nSPS) is 17.2. The number of aliphatic hydroxyl groups is 2. The molecular weight excluding hydrogens is 458 g/mol. The number of rotatable bonds is 7. The number of Topliss-reactive ketones (excluding diaryl/α,β-unsaturated/α-hetero) is 1. The van der Waals surface area contributed by atoms with Gasteiger partial charge in [-0.3, -0.25) is 9.59 Å². The first-order valence-electron chi connectivity index (χ1n) is 10.6. The predicted octanol–water partition coefficient (Wildman–Crippen LogP) is 4.04. The number of aliphatic hydroxyl groups excluding tert-OH is 2. The molecule has 1 saturated heterocycles. The van der Waals surface area contributed by atoms with Crippen molar-refractivity contribution >= 4 is 29.1 Å². The third kappa shape index (κ3) is 4.62. The van der Waals surface area contributed by atoms with Crippen LogP contribution in [0.2, 0.25) is 5.02 Å². The Morgan fingerprint density at radius 1 is 1.00 bits per heavy atom. The van der Waals surface area contributed by atoms with Crippen LogP contribution in [0.15, 0.2) is 78.4 Å². The molecule has 0 bridgehead atoms. The van der Waals surface area contributed by atoms with Crippen LogP contribution < -0.4 is 4.74 Å². The summed E-state index contributed by atoms with van der Waals surface area (Å²) in [5.74, 6) is -1.58. The van der Waals surface area contributed by atoms with Crippen molar-refractivity contribution < 1.29 is 29.6 Å². The SMILES string of the molecule is O=C1C(=O)N(CCO)C(c2ccc(O)cc2)/C1=C(\O)c1cccc(OCc2ccccc2Cl)c1. The van der Waals surface area contributed by atoms with E-state index in [2.05, 4.69) is 0 Å². The van der Waals surface area contributed by atoms with E-state index in [9.17, 15) is 24.9 Å². The number of likely N-dealkylation sites (tertiary alicyclic amines) is 1. The zero-order valence-electron chi connectivity index (χ0n) is 18.0. The largest absolute Gasteiger partial charge is 0.508 e. The highest BCUT2D eigenvalue weighted by molar-refractivity contribution is 6.46. The van der Waals surface area contributed by atoms with E-state index >= 15 is 0 Å². The zero-order valence-corrected chi connectivity index (χ0v) is 18.8. The number of ketones is 1. The second kappa shape index (κ2) is 9.99. The summed E-state index contributed by atoms with van der Waals surface area (Å²) in [5, 5.41) is 30.8. The van der Waals surface area contributed by atoms with Gasteiger partial charge in [0.1, 0.15) is 23.9 Å². The number of phenolic OH excluding ortho intramolecular Hbond substituents is 1. The quantitative estimate of drug-likeness (QED) is 0.268. The van der Waals surface area contributed by atoms with Crippen LogP contribution in [0.4, 0.5) is 0 Å². The second-order valence-electron chi connectivity index (χ2n) is 7.72. The monoisotopic (exact) mass is 479 g/mol. The van der Waals surface area contributed by atoms with Crippen molar-refractivity contribution in [3.63, 3.8) is 0 Å². The molecule has 1 atom stereocenters. The van der Waals surface area contributed by atoms with Crippen molar-refractivity contribution in [2.75, 3.05) is 13.2 Å². The van der Waals surface area contributed by atoms with E-state index < -0.39 is 17.7 Å². The molecule has 1 aliphatic rings. The standard InChI is InChI=1S/C26H22ClNO6/c27-21-7-2-1-4-18(21)15-34-20-6-3-5-17(14-20)24(31)22-23(16-8-10-19(30)11-9-16)28(12-13-29)26(33)25(22)32/h1-11,14,23,29-31H,12-13,15H2/b24-22+. The molecule has 8 heteroatoms. The second-order valence-corrected chi connectivity index (χ2v) is 8.12. The van der Waals surface area contributed by atoms with Gasteiger partial charge in [0.05, 0.1) is 18.2 Å². The van der Waals surface area contributed by atoms with Gasteiger partial charge in [0, 0.05) is 22.7 Å². The molecule has 3 aromatic carbocycles. The van der Waals surface area contributed by atoms with Crippen LogP contribution in [0.25, 0.3) is 5.76 Å². The molecule has 0 aliphatic carbocycles. The number of carbonyl (C=O) groups is 2. The Labute approximate surface area is 201 Å². The molecule has 1 amide bonds. The van der Waals surface area contributed by atoms with Gasteiger partial charge in [-0.05, 0) is 35.9 Å². The Morgan fingerprint density at radius 3 is 2.44 bits per heavy atom. The minimum absolute atomic E-state index is 0.0197. The minimum atomic E-state index is -0.916. The summed E-state index contributed by atoms with van der Waals surface area (Å²) >= 11 is 6.18. The molecule has 34 heavy (non-hydrogen) atoms. The average molecular weight is 480 g/mol. The van der Waals surface area contributed by atoms with Crippen molar-refractivity contribution in [3.8, 4) is 11.5 Å². The van der Waals surface area contributed by atoms with Crippen molar-refractivity contribution in [3.05, 3.63) is 100 Å². The lowest BCUT2D eigenvalue weighted by atomic mass is 9.95. The van der Waals surface area contributed by atoms with Crippen LogP contribution in [-0.2, 0) is 16.2 Å². The lowest BCUT2D eigenvalue weighted by Crippen LogP contribution is -2.32. The maximum atomic E-state index is 12.9. The molecule has 4 rings (SSSR count). The molecule has 0 spiro atoms. The molecule has 1 fully saturated rings. The molecule has 0 aromatic heterocycles. The van der Waals surface area contributed by atoms with Gasteiger partial charge in [0.2, 0.25) is 0 Å². The smallest absolute Gasteiger partial charge is 0.295 e. The van der Waals surface area contributed by atoms with Gasteiger partial charge < -0.3 is 25.0 Å². The molecule has 7 nitrogen and oxygen atoms in total. The lowest BCUT2D eigenvalue weighted by Gasteiger charge is -2.24. The number of halogens is 1. The number of β-amino-alcohol motifs (C(OH)–C–C–N with tert-alkyl or cyclic N) is 1. The first kappa shape index (κ1) is 23.4. The molecule has 174 valence electrons. The Kier molecular flexibility index (Phi) is 6.86. The van der Waals surface area contributed by atoms with Crippen LogP contribution in [0.3, 0.4) is 0 Å². The maximum Gasteiger partial charge on any atom is 0.295 e.